The molecule has 0 aromatic heterocycles. The number of nitrogens with two attached hydrogens (primary N) is 1. The van der Waals surface area contributed by atoms with Crippen LogP contribution in [-0.4, -0.2) is 25.5 Å². The molecule has 1 atom stereocenters. The van der Waals surface area contributed by atoms with E-state index in [2.05, 4.69) is 39.2 Å². The van der Waals surface area contributed by atoms with Gasteiger partial charge >= 0.3 is 6.03 Å². The van der Waals surface area contributed by atoms with Crippen molar-refractivity contribution in [3.05, 3.63) is 23.8 Å². The van der Waals surface area contributed by atoms with Crippen LogP contribution in [0.4, 0.5) is 16.2 Å². The molecule has 1 aliphatic rings. The zero-order valence-corrected chi connectivity index (χ0v) is 15.4. The van der Waals surface area contributed by atoms with Crippen molar-refractivity contribution in [3.63, 3.8) is 0 Å². The largest absolute Gasteiger partial charge is 0.399 e. The number of nitrogens with zero attached hydrogens (tertiary/aromatic N) is 1. The third-order valence-electron chi connectivity index (χ3n) is 4.69. The Balaban J connectivity index is 2.16. The number of hydrogen-bond acceptors (Lipinski definition) is 3. The van der Waals surface area contributed by atoms with E-state index in [0.717, 1.165) is 11.3 Å². The zero-order valence-electron chi connectivity index (χ0n) is 14.4. The van der Waals surface area contributed by atoms with Crippen molar-refractivity contribution < 1.29 is 9.22 Å². The summed E-state index contributed by atoms with van der Waals surface area (Å²) in [6, 6.07) is 5.47. The van der Waals surface area contributed by atoms with Crippen LogP contribution in [0, 0.1) is 0 Å². The van der Waals surface area contributed by atoms with E-state index in [1.165, 1.54) is 0 Å². The van der Waals surface area contributed by atoms with Crippen molar-refractivity contribution in [2.45, 2.75) is 58.6 Å². The number of hydrogen-bond donors (Lipinski definition) is 2. The fraction of sp³-hybridized carbons (Fsp3) is 0.562. The third kappa shape index (κ3) is 3.28. The second-order valence-corrected chi connectivity index (χ2v) is 12.2. The van der Waals surface area contributed by atoms with Gasteiger partial charge < -0.3 is 15.5 Å². The highest BCUT2D eigenvalue weighted by Crippen LogP contribution is 2.38. The molecule has 0 spiro atoms. The minimum absolute atomic E-state index is 0.111. The average molecular weight is 321 g/mol. The van der Waals surface area contributed by atoms with E-state index >= 15 is 0 Å². The van der Waals surface area contributed by atoms with Gasteiger partial charge in [0.2, 0.25) is 0 Å². The van der Waals surface area contributed by atoms with Crippen molar-refractivity contribution in [2.24, 2.45) is 0 Å². The van der Waals surface area contributed by atoms with Gasteiger partial charge in [0.1, 0.15) is 6.23 Å². The van der Waals surface area contributed by atoms with Gasteiger partial charge in [0.05, 0.1) is 6.54 Å². The first-order chi connectivity index (χ1) is 10.0. The number of carbonyl (C=O) groups is 1. The minimum Gasteiger partial charge on any atom is -0.399 e. The number of nitrogen functional groups attached to an aromatic ring is 1. The standard InChI is InChI=1S/C16H27N3O2Si/c1-11(21-22(5,6)16(2,3)4)19-10-12-7-8-13(17)9-14(12)18-15(19)20/h7-9,11H,10,17H2,1-6H3,(H,18,20). The molecule has 0 radical (unpaired) electrons. The molecule has 122 valence electrons. The third-order valence-corrected chi connectivity index (χ3v) is 9.23. The van der Waals surface area contributed by atoms with Gasteiger partial charge in [-0.15, -0.1) is 0 Å². The second kappa shape index (κ2) is 5.59. The quantitative estimate of drug-likeness (QED) is 0.653. The van der Waals surface area contributed by atoms with Gasteiger partial charge in [-0.3, -0.25) is 4.90 Å². The molecular formula is C16H27N3O2Si. The summed E-state index contributed by atoms with van der Waals surface area (Å²) in [5, 5.41) is 3.01. The topological polar surface area (TPSA) is 67.6 Å². The molecule has 22 heavy (non-hydrogen) atoms. The Morgan fingerprint density at radius 3 is 2.59 bits per heavy atom. The maximum Gasteiger partial charge on any atom is 0.324 e. The highest BCUT2D eigenvalue weighted by molar-refractivity contribution is 6.74. The summed E-state index contributed by atoms with van der Waals surface area (Å²) in [6.07, 6.45) is -0.258. The minimum atomic E-state index is -1.92. The highest BCUT2D eigenvalue weighted by atomic mass is 28.4. The summed E-state index contributed by atoms with van der Waals surface area (Å²) in [6.45, 7) is 13.5. The summed E-state index contributed by atoms with van der Waals surface area (Å²) in [7, 11) is -1.92. The molecule has 3 N–H and O–H groups in total. The number of anilines is 2. The van der Waals surface area contributed by atoms with Crippen LogP contribution in [-0.2, 0) is 11.0 Å². The van der Waals surface area contributed by atoms with Crippen molar-refractivity contribution in [1.82, 2.24) is 4.90 Å². The molecule has 0 aliphatic carbocycles. The molecule has 1 unspecified atom stereocenters. The first-order valence-electron chi connectivity index (χ1n) is 7.65. The molecule has 0 fully saturated rings. The Morgan fingerprint density at radius 2 is 2.00 bits per heavy atom. The number of nitrogens with one attached hydrogen (secondary N) is 1. The fourth-order valence-electron chi connectivity index (χ4n) is 2.25. The van der Waals surface area contributed by atoms with Crippen molar-refractivity contribution in [3.8, 4) is 0 Å². The Kier molecular flexibility index (Phi) is 4.28. The van der Waals surface area contributed by atoms with Crippen molar-refractivity contribution in [2.75, 3.05) is 11.1 Å². The number of carbonyl (C=O) groups excluding carboxylic acids is 1. The molecule has 2 amide bonds. The van der Waals surface area contributed by atoms with Gasteiger partial charge in [-0.25, -0.2) is 4.79 Å². The SMILES string of the molecule is CC(O[Si](C)(C)C(C)(C)C)N1Cc2ccc(N)cc2NC1=O. The number of amides is 2. The smallest absolute Gasteiger partial charge is 0.324 e. The molecule has 1 aromatic rings. The molecule has 1 heterocycles. The van der Waals surface area contributed by atoms with Crippen LogP contribution in [0.2, 0.25) is 18.1 Å². The molecule has 5 nitrogen and oxygen atoms in total. The van der Waals surface area contributed by atoms with Crippen LogP contribution in [0.15, 0.2) is 18.2 Å². The molecule has 1 aromatic carbocycles. The lowest BCUT2D eigenvalue weighted by Crippen LogP contribution is -2.51. The molecule has 0 saturated heterocycles. The number of rotatable bonds is 3. The van der Waals surface area contributed by atoms with Crippen LogP contribution < -0.4 is 11.1 Å². The van der Waals surface area contributed by atoms with Gasteiger partial charge in [-0.05, 0) is 42.8 Å². The van der Waals surface area contributed by atoms with Crippen molar-refractivity contribution in [1.29, 1.82) is 0 Å². The number of fused-ring (bicyclic) bond motifs is 1. The lowest BCUT2D eigenvalue weighted by molar-refractivity contribution is 0.0529. The van der Waals surface area contributed by atoms with Gasteiger partial charge in [0, 0.05) is 11.4 Å². The lowest BCUT2D eigenvalue weighted by Gasteiger charge is -2.42. The van der Waals surface area contributed by atoms with Crippen LogP contribution >= 0.6 is 0 Å². The Labute approximate surface area is 134 Å². The molecule has 1 aliphatic heterocycles. The van der Waals surface area contributed by atoms with Gasteiger partial charge in [-0.1, -0.05) is 26.8 Å². The van der Waals surface area contributed by atoms with E-state index in [0.29, 0.717) is 12.2 Å². The number of benzene rings is 1. The molecule has 6 heteroatoms. The normalized spacial score (nSPS) is 17.0. The summed E-state index contributed by atoms with van der Waals surface area (Å²) in [5.74, 6) is 0. The van der Waals surface area contributed by atoms with Gasteiger partial charge in [0.15, 0.2) is 8.32 Å². The summed E-state index contributed by atoms with van der Waals surface area (Å²) in [5.41, 5.74) is 8.27. The summed E-state index contributed by atoms with van der Waals surface area (Å²) >= 11 is 0. The van der Waals surface area contributed by atoms with E-state index < -0.39 is 8.32 Å². The Hall–Kier alpha value is -1.53. The first-order valence-corrected chi connectivity index (χ1v) is 10.6. The van der Waals surface area contributed by atoms with E-state index in [-0.39, 0.29) is 17.3 Å². The zero-order chi connectivity index (χ0) is 16.7. The van der Waals surface area contributed by atoms with E-state index in [1.54, 1.807) is 11.0 Å². The van der Waals surface area contributed by atoms with E-state index in [4.69, 9.17) is 10.2 Å². The highest BCUT2D eigenvalue weighted by Gasteiger charge is 2.40. The maximum absolute atomic E-state index is 12.4. The monoisotopic (exact) mass is 321 g/mol. The van der Waals surface area contributed by atoms with Crippen LogP contribution in [0.5, 0.6) is 0 Å². The first kappa shape index (κ1) is 16.8. The molecular weight excluding hydrogens is 294 g/mol. The predicted octanol–water partition coefficient (Wildman–Crippen LogP) is 3.98. The maximum atomic E-state index is 12.4. The second-order valence-electron chi connectivity index (χ2n) is 7.45. The number of urea groups is 1. The molecule has 0 saturated carbocycles. The summed E-state index contributed by atoms with van der Waals surface area (Å²) in [4.78, 5) is 14.1. The molecule has 0 bridgehead atoms. The van der Waals surface area contributed by atoms with Gasteiger partial charge in [-0.2, -0.15) is 0 Å². The Bertz CT molecular complexity index is 581. The average Bonchev–Trinajstić information content (AvgIpc) is 2.35. The van der Waals surface area contributed by atoms with E-state index in [9.17, 15) is 4.79 Å². The van der Waals surface area contributed by atoms with Gasteiger partial charge in [0.25, 0.3) is 0 Å². The van der Waals surface area contributed by atoms with Crippen molar-refractivity contribution >= 4 is 25.7 Å². The summed E-state index contributed by atoms with van der Waals surface area (Å²) < 4.78 is 6.33. The lowest BCUT2D eigenvalue weighted by atomic mass is 10.1. The van der Waals surface area contributed by atoms with Crippen LogP contribution in [0.25, 0.3) is 0 Å². The van der Waals surface area contributed by atoms with Crippen LogP contribution in [0.3, 0.4) is 0 Å². The van der Waals surface area contributed by atoms with E-state index in [1.807, 2.05) is 19.1 Å². The Morgan fingerprint density at radius 1 is 1.36 bits per heavy atom. The van der Waals surface area contributed by atoms with Crippen LogP contribution in [0.1, 0.15) is 33.3 Å². The fourth-order valence-corrected chi connectivity index (χ4v) is 3.58. The predicted molar refractivity (Wildman–Crippen MR) is 93.2 cm³/mol. The molecule has 2 rings (SSSR count).